The lowest BCUT2D eigenvalue weighted by Crippen LogP contribution is -2.53. The molecule has 8 rings (SSSR count). The van der Waals surface area contributed by atoms with Crippen LogP contribution >= 0.6 is 23.2 Å². The number of carbonyl (C=O) groups is 2. The summed E-state index contributed by atoms with van der Waals surface area (Å²) in [5.74, 6) is -2.28. The number of pyridine rings is 2. The van der Waals surface area contributed by atoms with Crippen molar-refractivity contribution in [1.82, 2.24) is 9.88 Å². The molecule has 11 nitrogen and oxygen atoms in total. The number of hydrogen-bond acceptors (Lipinski definition) is 9. The number of halogens is 4. The molecule has 1 amide bonds. The molecule has 15 heteroatoms. The summed E-state index contributed by atoms with van der Waals surface area (Å²) in [6, 6.07) is 20.2. The van der Waals surface area contributed by atoms with Crippen LogP contribution in [0, 0.1) is 5.92 Å². The predicted molar refractivity (Wildman–Crippen MR) is 214 cm³/mol. The van der Waals surface area contributed by atoms with E-state index in [-0.39, 0.29) is 64.3 Å². The molecule has 5 aromatic rings. The molecule has 0 spiro atoms. The average Bonchev–Trinajstić information content (AvgIpc) is 3.22. The fraction of sp³-hybridized carbons (Fsp3) is 0.318. The smallest absolute Gasteiger partial charge is 0.414 e. The van der Waals surface area contributed by atoms with E-state index in [1.165, 1.54) is 36.7 Å². The van der Waals surface area contributed by atoms with Crippen LogP contribution < -0.4 is 24.2 Å². The van der Waals surface area contributed by atoms with Crippen LogP contribution in [0.2, 0.25) is 10.0 Å². The zero-order valence-corrected chi connectivity index (χ0v) is 33.6. The van der Waals surface area contributed by atoms with Gasteiger partial charge in [-0.05, 0) is 85.6 Å². The van der Waals surface area contributed by atoms with Crippen molar-refractivity contribution in [3.8, 4) is 22.6 Å². The zero-order valence-electron chi connectivity index (χ0n) is 32.1. The Morgan fingerprint density at radius 3 is 2.44 bits per heavy atom. The van der Waals surface area contributed by atoms with Crippen LogP contribution in [-0.2, 0) is 17.7 Å². The average molecular weight is 848 g/mol. The molecule has 5 heterocycles. The Hall–Kier alpha value is -5.50. The van der Waals surface area contributed by atoms with Gasteiger partial charge in [-0.15, -0.1) is 0 Å². The number of carboxylic acids is 1. The van der Waals surface area contributed by atoms with Gasteiger partial charge in [0.1, 0.15) is 16.1 Å². The number of amides is 1. The molecule has 1 N–H and O–H groups in total. The molecule has 0 aliphatic carbocycles. The Balaban J connectivity index is 1.35. The summed E-state index contributed by atoms with van der Waals surface area (Å²) in [7, 11) is 0. The molecule has 3 aliphatic heterocycles. The summed E-state index contributed by atoms with van der Waals surface area (Å²) >= 11 is 13.2. The standard InChI is InChI=1S/C44H42Cl2F2N4O7/c1-2-18-57-40-20-29(10-12-39(40)58-43(47)48)33(21-35-36(45)24-51(56)25-37(35)46)34-19-27(9-11-32(34)42(53)54)23-52(44(55)59-41-26-50-16-13-28(41)14-17-50)38-8-4-3-7-31(38)30-6-5-15-49-22-30/h3-12,15,19-20,22,24-25,28,33,41,43H,2,13-14,16-18,21,23,26H2,1H3,(H-,53,54,56)/t33-,41-/m0/s1. The van der Waals surface area contributed by atoms with E-state index in [0.717, 1.165) is 37.1 Å². The Bertz CT molecular complexity index is 2270. The molecule has 3 saturated heterocycles. The third-order valence-electron chi connectivity index (χ3n) is 10.8. The van der Waals surface area contributed by atoms with Crippen LogP contribution in [-0.4, -0.2) is 66.1 Å². The number of hydrogen-bond donors (Lipinski definition) is 1. The predicted octanol–water partition coefficient (Wildman–Crippen LogP) is 7.95. The molecule has 308 valence electrons. The van der Waals surface area contributed by atoms with E-state index in [1.54, 1.807) is 29.4 Å². The summed E-state index contributed by atoms with van der Waals surface area (Å²) in [5.41, 5.74) is 3.52. The molecule has 3 aromatic carbocycles. The van der Waals surface area contributed by atoms with E-state index < -0.39 is 24.6 Å². The minimum atomic E-state index is -3.13. The number of carboxylic acid groups (broad SMARTS) is 1. The highest BCUT2D eigenvalue weighted by Gasteiger charge is 2.38. The van der Waals surface area contributed by atoms with E-state index in [0.29, 0.717) is 40.1 Å². The van der Waals surface area contributed by atoms with Crippen molar-refractivity contribution in [2.24, 2.45) is 5.92 Å². The molecule has 3 aliphatic rings. The van der Waals surface area contributed by atoms with Crippen LogP contribution in [0.3, 0.4) is 0 Å². The van der Waals surface area contributed by atoms with Crippen LogP contribution in [0.1, 0.15) is 64.7 Å². The Kier molecular flexibility index (Phi) is 13.1. The lowest BCUT2D eigenvalue weighted by Gasteiger charge is -2.44. The largest absolute Gasteiger partial charge is 0.545 e. The lowest BCUT2D eigenvalue weighted by molar-refractivity contribution is -0.904. The number of ether oxygens (including phenoxy) is 3. The summed E-state index contributed by atoms with van der Waals surface area (Å²) in [5, 5.41) is 23.2. The number of rotatable bonds is 15. The number of anilines is 1. The van der Waals surface area contributed by atoms with Gasteiger partial charge in [-0.2, -0.15) is 8.78 Å². The second-order valence-corrected chi connectivity index (χ2v) is 15.4. The molecule has 2 bridgehead atoms. The van der Waals surface area contributed by atoms with Crippen LogP contribution in [0.4, 0.5) is 19.3 Å². The van der Waals surface area contributed by atoms with Crippen molar-refractivity contribution < 1.29 is 47.6 Å². The van der Waals surface area contributed by atoms with Gasteiger partial charge in [-0.25, -0.2) is 4.79 Å². The first-order valence-electron chi connectivity index (χ1n) is 19.3. The van der Waals surface area contributed by atoms with Crippen molar-refractivity contribution in [2.45, 2.75) is 57.8 Å². The van der Waals surface area contributed by atoms with Crippen LogP contribution in [0.25, 0.3) is 11.1 Å². The van der Waals surface area contributed by atoms with Gasteiger partial charge >= 0.3 is 12.7 Å². The molecule has 3 fully saturated rings. The van der Waals surface area contributed by atoms with Gasteiger partial charge in [-0.1, -0.05) is 78.7 Å². The summed E-state index contributed by atoms with van der Waals surface area (Å²) in [6.45, 7) is 1.46. The van der Waals surface area contributed by atoms with Crippen molar-refractivity contribution in [1.29, 1.82) is 0 Å². The van der Waals surface area contributed by atoms with Crippen molar-refractivity contribution >= 4 is 41.0 Å². The summed E-state index contributed by atoms with van der Waals surface area (Å²) < 4.78 is 44.6. The number of nitrogens with zero attached hydrogens (tertiary/aromatic N) is 4. The maximum absolute atomic E-state index is 14.5. The second-order valence-electron chi connectivity index (χ2n) is 14.6. The maximum atomic E-state index is 14.5. The third kappa shape index (κ3) is 9.70. The zero-order chi connectivity index (χ0) is 41.6. The lowest BCUT2D eigenvalue weighted by atomic mass is 9.82. The number of aromatic nitrogens is 2. The number of carbonyl (C=O) groups excluding carboxylic acids is 2. The highest BCUT2D eigenvalue weighted by Crippen LogP contribution is 2.41. The normalized spacial score (nSPS) is 17.7. The van der Waals surface area contributed by atoms with Gasteiger partial charge in [0.05, 0.1) is 24.8 Å². The molecular formula is C44H42Cl2F2N4O7. The van der Waals surface area contributed by atoms with Gasteiger partial charge < -0.3 is 24.1 Å². The third-order valence-corrected chi connectivity index (χ3v) is 11.5. The highest BCUT2D eigenvalue weighted by atomic mass is 35.5. The van der Waals surface area contributed by atoms with Crippen molar-refractivity contribution in [3.63, 3.8) is 0 Å². The first-order chi connectivity index (χ1) is 28.5. The quantitative estimate of drug-likeness (QED) is 0.0825. The van der Waals surface area contributed by atoms with Crippen molar-refractivity contribution in [3.05, 3.63) is 135 Å². The topological polar surface area (TPSA) is 128 Å². The number of para-hydroxylation sites is 1. The molecule has 0 unspecified atom stereocenters. The first-order valence-corrected chi connectivity index (χ1v) is 20.1. The minimum absolute atomic E-state index is 0.0142. The Morgan fingerprint density at radius 2 is 1.78 bits per heavy atom. The summed E-state index contributed by atoms with van der Waals surface area (Å²) in [6.07, 6.45) is 7.43. The first kappa shape index (κ1) is 41.7. The molecule has 0 saturated carbocycles. The van der Waals surface area contributed by atoms with Crippen LogP contribution in [0.5, 0.6) is 11.5 Å². The Morgan fingerprint density at radius 1 is 1.02 bits per heavy atom. The van der Waals surface area contributed by atoms with Crippen molar-refractivity contribution in [2.75, 3.05) is 31.1 Å². The summed E-state index contributed by atoms with van der Waals surface area (Å²) in [4.78, 5) is 35.5. The van der Waals surface area contributed by atoms with Gasteiger partial charge in [0.15, 0.2) is 11.5 Å². The van der Waals surface area contributed by atoms with Crippen LogP contribution in [0.15, 0.2) is 97.6 Å². The number of piperidine rings is 3. The van der Waals surface area contributed by atoms with Gasteiger partial charge in [0.25, 0.3) is 0 Å². The highest BCUT2D eigenvalue weighted by molar-refractivity contribution is 6.35. The van der Waals surface area contributed by atoms with Gasteiger partial charge in [0.2, 0.25) is 12.4 Å². The van der Waals surface area contributed by atoms with Gasteiger partial charge in [-0.3, -0.25) is 20.0 Å². The fourth-order valence-electron chi connectivity index (χ4n) is 7.93. The van der Waals surface area contributed by atoms with Gasteiger partial charge in [0, 0.05) is 51.8 Å². The second kappa shape index (κ2) is 18.6. The Labute approximate surface area is 350 Å². The van der Waals surface area contributed by atoms with E-state index in [2.05, 4.69) is 9.88 Å². The SMILES string of the molecule is CCCOc1cc([C@H](Cc2c(Cl)c[n+](O)cc2Cl)c2cc(CN(C(=O)O[C@H]3CN4CCC3CC4)c3ccccc3-c3cccnc3)ccc2C(=O)[O-])ccc1OC(F)F. The van der Waals surface area contributed by atoms with E-state index >= 15 is 0 Å². The van der Waals surface area contributed by atoms with E-state index in [1.807, 2.05) is 43.3 Å². The monoisotopic (exact) mass is 846 g/mol. The number of fused-ring (bicyclic) bond motifs is 3. The maximum Gasteiger partial charge on any atom is 0.414 e. The molecule has 2 aromatic heterocycles. The molecule has 2 atom stereocenters. The minimum Gasteiger partial charge on any atom is -0.545 e. The number of aromatic carboxylic acids is 1. The molecule has 59 heavy (non-hydrogen) atoms. The number of alkyl halides is 2. The fourth-order valence-corrected chi connectivity index (χ4v) is 8.54. The van der Waals surface area contributed by atoms with E-state index in [4.69, 9.17) is 37.4 Å². The molecule has 0 radical (unpaired) electrons. The molecular weight excluding hydrogens is 805 g/mol. The number of benzene rings is 3. The van der Waals surface area contributed by atoms with E-state index in [9.17, 15) is 28.7 Å².